The van der Waals surface area contributed by atoms with Crippen LogP contribution in [0.2, 0.25) is 5.02 Å². The van der Waals surface area contributed by atoms with Crippen LogP contribution in [0.5, 0.6) is 0 Å². The third-order valence-corrected chi connectivity index (χ3v) is 2.77. The van der Waals surface area contributed by atoms with Gasteiger partial charge < -0.3 is 4.42 Å². The Morgan fingerprint density at radius 1 is 1.37 bits per heavy atom. The molecule has 0 unspecified atom stereocenters. The molecule has 4 nitrogen and oxygen atoms in total. The van der Waals surface area contributed by atoms with Crippen molar-refractivity contribution in [3.05, 3.63) is 59.0 Å². The molecule has 0 saturated heterocycles. The number of rotatable bonds is 4. The van der Waals surface area contributed by atoms with Gasteiger partial charge in [0.05, 0.1) is 12.0 Å². The van der Waals surface area contributed by atoms with Gasteiger partial charge in [0.1, 0.15) is 0 Å². The second-order valence-electron chi connectivity index (χ2n) is 3.84. The quantitative estimate of drug-likeness (QED) is 0.687. The normalized spacial score (nSPS) is 11.4. The number of carbonyl (C=O) groups excluding carboxylic acids is 1. The molecule has 2 rings (SSSR count). The maximum absolute atomic E-state index is 11.7. The highest BCUT2D eigenvalue weighted by Crippen LogP contribution is 2.12. The molecule has 0 aliphatic carbocycles. The lowest BCUT2D eigenvalue weighted by Gasteiger charge is -2.04. The van der Waals surface area contributed by atoms with Crippen LogP contribution in [0.3, 0.4) is 0 Å². The van der Waals surface area contributed by atoms with Crippen LogP contribution in [-0.2, 0) is 0 Å². The van der Waals surface area contributed by atoms with Gasteiger partial charge in [0, 0.05) is 5.02 Å². The van der Waals surface area contributed by atoms with E-state index >= 15 is 0 Å². The van der Waals surface area contributed by atoms with E-state index in [1.807, 2.05) is 25.1 Å². The molecule has 19 heavy (non-hydrogen) atoms. The Bertz CT molecular complexity index is 591. The summed E-state index contributed by atoms with van der Waals surface area (Å²) in [7, 11) is 0. The Morgan fingerprint density at radius 3 is 2.84 bits per heavy atom. The molecular formula is C14H13ClN2O2. The number of amides is 1. The number of hydrogen-bond donors (Lipinski definition) is 1. The standard InChI is InChI=1S/C14H13ClN2O2/c1-2-12(10-5-3-6-11(15)9-10)16-17-14(18)13-7-4-8-19-13/h3-9H,2H2,1H3,(H,17,18)/b16-12+. The Balaban J connectivity index is 2.14. The number of nitrogens with one attached hydrogen (secondary N) is 1. The molecule has 0 saturated carbocycles. The third-order valence-electron chi connectivity index (χ3n) is 2.53. The molecule has 1 heterocycles. The van der Waals surface area contributed by atoms with Crippen LogP contribution in [0.25, 0.3) is 0 Å². The Morgan fingerprint density at radius 2 is 2.21 bits per heavy atom. The molecule has 1 aromatic heterocycles. The van der Waals surface area contributed by atoms with Crippen LogP contribution in [0.4, 0.5) is 0 Å². The summed E-state index contributed by atoms with van der Waals surface area (Å²) >= 11 is 5.93. The smallest absolute Gasteiger partial charge is 0.307 e. The van der Waals surface area contributed by atoms with Gasteiger partial charge in [-0.1, -0.05) is 30.7 Å². The first-order valence-electron chi connectivity index (χ1n) is 5.87. The lowest BCUT2D eigenvalue weighted by atomic mass is 10.1. The molecule has 1 amide bonds. The van der Waals surface area contributed by atoms with E-state index in [9.17, 15) is 4.79 Å². The lowest BCUT2D eigenvalue weighted by Crippen LogP contribution is -2.19. The summed E-state index contributed by atoms with van der Waals surface area (Å²) < 4.78 is 4.98. The first-order valence-corrected chi connectivity index (χ1v) is 6.25. The number of carbonyl (C=O) groups is 1. The first-order chi connectivity index (χ1) is 9.20. The van der Waals surface area contributed by atoms with Crippen molar-refractivity contribution < 1.29 is 9.21 Å². The SMILES string of the molecule is CC/C(=N\NC(=O)c1ccco1)c1cccc(Cl)c1. The Labute approximate surface area is 116 Å². The van der Waals surface area contributed by atoms with Crippen molar-refractivity contribution >= 4 is 23.2 Å². The van der Waals surface area contributed by atoms with Crippen molar-refractivity contribution in [2.75, 3.05) is 0 Å². The van der Waals surface area contributed by atoms with Crippen molar-refractivity contribution in [3.63, 3.8) is 0 Å². The average molecular weight is 277 g/mol. The minimum Gasteiger partial charge on any atom is -0.459 e. The largest absolute Gasteiger partial charge is 0.459 e. The summed E-state index contributed by atoms with van der Waals surface area (Å²) in [6, 6.07) is 10.6. The van der Waals surface area contributed by atoms with Gasteiger partial charge in [-0.15, -0.1) is 0 Å². The van der Waals surface area contributed by atoms with Crippen molar-refractivity contribution in [1.29, 1.82) is 0 Å². The van der Waals surface area contributed by atoms with Crippen LogP contribution >= 0.6 is 11.6 Å². The van der Waals surface area contributed by atoms with Crippen molar-refractivity contribution in [2.45, 2.75) is 13.3 Å². The second-order valence-corrected chi connectivity index (χ2v) is 4.28. The molecule has 5 heteroatoms. The van der Waals surface area contributed by atoms with Gasteiger partial charge in [0.15, 0.2) is 5.76 Å². The summed E-state index contributed by atoms with van der Waals surface area (Å²) in [6.07, 6.45) is 2.12. The van der Waals surface area contributed by atoms with E-state index in [1.165, 1.54) is 6.26 Å². The first kappa shape index (κ1) is 13.4. The topological polar surface area (TPSA) is 54.6 Å². The van der Waals surface area contributed by atoms with Gasteiger partial charge in [0.2, 0.25) is 0 Å². The predicted molar refractivity (Wildman–Crippen MR) is 74.5 cm³/mol. The van der Waals surface area contributed by atoms with Gasteiger partial charge >= 0.3 is 5.91 Å². The average Bonchev–Trinajstić information content (AvgIpc) is 2.93. The number of halogens is 1. The Kier molecular flexibility index (Phi) is 4.36. The van der Waals surface area contributed by atoms with Crippen LogP contribution in [0.1, 0.15) is 29.5 Å². The summed E-state index contributed by atoms with van der Waals surface area (Å²) in [5, 5.41) is 4.74. The van der Waals surface area contributed by atoms with Crippen molar-refractivity contribution in [1.82, 2.24) is 5.43 Å². The van der Waals surface area contributed by atoms with Crippen LogP contribution in [0.15, 0.2) is 52.2 Å². The number of benzene rings is 1. The summed E-state index contributed by atoms with van der Waals surface area (Å²) in [5.41, 5.74) is 4.10. The molecule has 0 bridgehead atoms. The zero-order valence-corrected chi connectivity index (χ0v) is 11.1. The maximum atomic E-state index is 11.7. The number of hydrogen-bond acceptors (Lipinski definition) is 3. The molecule has 0 aliphatic rings. The molecule has 1 N–H and O–H groups in total. The van der Waals surface area contributed by atoms with Crippen molar-refractivity contribution in [3.8, 4) is 0 Å². The third kappa shape index (κ3) is 3.45. The summed E-state index contributed by atoms with van der Waals surface area (Å²) in [4.78, 5) is 11.7. The van der Waals surface area contributed by atoms with E-state index in [4.69, 9.17) is 16.0 Å². The summed E-state index contributed by atoms with van der Waals surface area (Å²) in [6.45, 7) is 1.96. The number of nitrogens with zero attached hydrogens (tertiary/aromatic N) is 1. The van der Waals surface area contributed by atoms with E-state index in [1.54, 1.807) is 18.2 Å². The Hall–Kier alpha value is -2.07. The van der Waals surface area contributed by atoms with Gasteiger partial charge in [-0.05, 0) is 36.2 Å². The molecule has 0 atom stereocenters. The van der Waals surface area contributed by atoms with E-state index < -0.39 is 0 Å². The van der Waals surface area contributed by atoms with Gasteiger partial charge in [-0.25, -0.2) is 5.43 Å². The maximum Gasteiger partial charge on any atom is 0.307 e. The monoisotopic (exact) mass is 276 g/mol. The highest BCUT2D eigenvalue weighted by atomic mass is 35.5. The zero-order valence-electron chi connectivity index (χ0n) is 10.4. The van der Waals surface area contributed by atoms with Crippen molar-refractivity contribution in [2.24, 2.45) is 5.10 Å². The summed E-state index contributed by atoms with van der Waals surface area (Å²) in [5.74, 6) is -0.150. The van der Waals surface area contributed by atoms with Crippen LogP contribution in [-0.4, -0.2) is 11.6 Å². The molecular weight excluding hydrogens is 264 g/mol. The molecule has 0 radical (unpaired) electrons. The minimum absolute atomic E-state index is 0.227. The van der Waals surface area contributed by atoms with E-state index in [0.29, 0.717) is 11.4 Å². The minimum atomic E-state index is -0.377. The van der Waals surface area contributed by atoms with Crippen LogP contribution in [0, 0.1) is 0 Å². The molecule has 98 valence electrons. The van der Waals surface area contributed by atoms with E-state index in [0.717, 1.165) is 11.3 Å². The van der Waals surface area contributed by atoms with Crippen LogP contribution < -0.4 is 5.43 Å². The highest BCUT2D eigenvalue weighted by molar-refractivity contribution is 6.31. The number of furan rings is 1. The van der Waals surface area contributed by atoms with Gasteiger partial charge in [-0.3, -0.25) is 4.79 Å². The number of hydrazone groups is 1. The lowest BCUT2D eigenvalue weighted by molar-refractivity contribution is 0.0927. The zero-order chi connectivity index (χ0) is 13.7. The van der Waals surface area contributed by atoms with E-state index in [2.05, 4.69) is 10.5 Å². The fourth-order valence-corrected chi connectivity index (χ4v) is 1.79. The fraction of sp³-hybridized carbons (Fsp3) is 0.143. The fourth-order valence-electron chi connectivity index (χ4n) is 1.60. The predicted octanol–water partition coefficient (Wildman–Crippen LogP) is 3.48. The molecule has 0 aliphatic heterocycles. The molecule has 0 spiro atoms. The molecule has 0 fully saturated rings. The highest BCUT2D eigenvalue weighted by Gasteiger charge is 2.08. The molecule has 1 aromatic carbocycles. The van der Waals surface area contributed by atoms with Gasteiger partial charge in [-0.2, -0.15) is 5.10 Å². The second kappa shape index (κ2) is 6.20. The molecule has 2 aromatic rings. The van der Waals surface area contributed by atoms with Gasteiger partial charge in [0.25, 0.3) is 0 Å². The van der Waals surface area contributed by atoms with E-state index in [-0.39, 0.29) is 11.7 Å².